The van der Waals surface area contributed by atoms with Crippen molar-refractivity contribution in [1.29, 1.82) is 0 Å². The zero-order chi connectivity index (χ0) is 15.2. The predicted octanol–water partition coefficient (Wildman–Crippen LogP) is 4.48. The number of hydrogen-bond donors (Lipinski definition) is 2. The van der Waals surface area contributed by atoms with Crippen molar-refractivity contribution in [2.45, 2.75) is 58.0 Å². The summed E-state index contributed by atoms with van der Waals surface area (Å²) in [6.07, 6.45) is 3.83. The Morgan fingerprint density at radius 2 is 2.05 bits per heavy atom. The van der Waals surface area contributed by atoms with Crippen molar-refractivity contribution in [3.63, 3.8) is 0 Å². The molecule has 1 aliphatic carbocycles. The van der Waals surface area contributed by atoms with Gasteiger partial charge in [0.15, 0.2) is 0 Å². The fourth-order valence-corrected chi connectivity index (χ4v) is 3.72. The number of nitrogen functional groups attached to an aromatic ring is 1. The average Bonchev–Trinajstić information content (AvgIpc) is 2.45. The second-order valence-corrected chi connectivity index (χ2v) is 6.96. The third kappa shape index (κ3) is 2.32. The van der Waals surface area contributed by atoms with E-state index in [0.29, 0.717) is 12.1 Å². The van der Waals surface area contributed by atoms with Gasteiger partial charge in [-0.3, -0.25) is 0 Å². The minimum atomic E-state index is -0.470. The molecule has 21 heavy (non-hydrogen) atoms. The van der Waals surface area contributed by atoms with Crippen LogP contribution in [0.25, 0.3) is 10.8 Å². The van der Waals surface area contributed by atoms with E-state index in [9.17, 15) is 5.11 Å². The van der Waals surface area contributed by atoms with E-state index in [1.807, 2.05) is 6.92 Å². The Hall–Kier alpha value is -1.54. The molecule has 1 aliphatic rings. The highest BCUT2D eigenvalue weighted by Gasteiger charge is 2.28. The number of aliphatic hydroxyl groups is 1. The number of aliphatic hydroxyl groups excluding tert-OH is 1. The molecule has 0 spiro atoms. The van der Waals surface area contributed by atoms with Gasteiger partial charge in [-0.1, -0.05) is 32.9 Å². The monoisotopic (exact) mass is 283 g/mol. The quantitative estimate of drug-likeness (QED) is 0.798. The van der Waals surface area contributed by atoms with Gasteiger partial charge >= 0.3 is 0 Å². The molecular formula is C19H25NO. The van der Waals surface area contributed by atoms with Crippen LogP contribution < -0.4 is 5.73 Å². The highest BCUT2D eigenvalue weighted by atomic mass is 16.3. The second-order valence-electron chi connectivity index (χ2n) is 6.96. The van der Waals surface area contributed by atoms with Crippen LogP contribution in [0.15, 0.2) is 24.3 Å². The first-order chi connectivity index (χ1) is 9.94. The summed E-state index contributed by atoms with van der Waals surface area (Å²) in [6.45, 7) is 6.63. The molecule has 2 nitrogen and oxygen atoms in total. The van der Waals surface area contributed by atoms with Gasteiger partial charge in [0.1, 0.15) is 0 Å². The number of aryl methyl sites for hydroxylation is 1. The number of benzene rings is 2. The van der Waals surface area contributed by atoms with E-state index in [2.05, 4.69) is 38.1 Å². The molecule has 1 atom stereocenters. The summed E-state index contributed by atoms with van der Waals surface area (Å²) in [5, 5.41) is 12.6. The van der Waals surface area contributed by atoms with E-state index in [4.69, 9.17) is 5.73 Å². The Labute approximate surface area is 127 Å². The Balaban J connectivity index is 2.24. The molecule has 2 heteroatoms. The molecule has 3 N–H and O–H groups in total. The lowest BCUT2D eigenvalue weighted by atomic mass is 9.71. The van der Waals surface area contributed by atoms with Gasteiger partial charge in [0, 0.05) is 11.3 Å². The number of nitrogens with two attached hydrogens (primary N) is 1. The van der Waals surface area contributed by atoms with Crippen molar-refractivity contribution in [1.82, 2.24) is 0 Å². The van der Waals surface area contributed by atoms with Gasteiger partial charge in [0.05, 0.1) is 6.10 Å². The molecule has 0 fully saturated rings. The number of fused-ring (bicyclic) bond motifs is 3. The van der Waals surface area contributed by atoms with Crippen molar-refractivity contribution >= 4 is 16.5 Å². The normalized spacial score (nSPS) is 18.5. The van der Waals surface area contributed by atoms with Crippen molar-refractivity contribution in [3.8, 4) is 0 Å². The second kappa shape index (κ2) is 5.03. The molecule has 3 rings (SSSR count). The molecule has 0 saturated heterocycles. The number of rotatable bonds is 2. The van der Waals surface area contributed by atoms with E-state index in [1.165, 1.54) is 34.7 Å². The molecule has 2 aromatic carbocycles. The van der Waals surface area contributed by atoms with Gasteiger partial charge in [-0.25, -0.2) is 0 Å². The molecule has 0 heterocycles. The Bertz CT molecular complexity index is 688. The molecular weight excluding hydrogens is 258 g/mol. The van der Waals surface area contributed by atoms with Crippen molar-refractivity contribution in [3.05, 3.63) is 41.0 Å². The van der Waals surface area contributed by atoms with E-state index < -0.39 is 6.10 Å². The minimum Gasteiger partial charge on any atom is -0.398 e. The van der Waals surface area contributed by atoms with E-state index in [0.717, 1.165) is 12.0 Å². The number of anilines is 1. The van der Waals surface area contributed by atoms with Crippen LogP contribution in [0, 0.1) is 0 Å². The maximum Gasteiger partial charge on any atom is 0.0807 e. The van der Waals surface area contributed by atoms with Gasteiger partial charge in [0.25, 0.3) is 0 Å². The van der Waals surface area contributed by atoms with Crippen LogP contribution in [0.5, 0.6) is 0 Å². The zero-order valence-corrected chi connectivity index (χ0v) is 13.2. The van der Waals surface area contributed by atoms with Crippen LogP contribution in [-0.2, 0) is 11.8 Å². The summed E-state index contributed by atoms with van der Waals surface area (Å²) >= 11 is 0. The lowest BCUT2D eigenvalue weighted by Crippen LogP contribution is -2.23. The lowest BCUT2D eigenvalue weighted by molar-refractivity contribution is 0.174. The molecule has 0 aliphatic heterocycles. The van der Waals surface area contributed by atoms with Crippen LogP contribution >= 0.6 is 0 Å². The Morgan fingerprint density at radius 3 is 2.76 bits per heavy atom. The summed E-state index contributed by atoms with van der Waals surface area (Å²) in [6, 6.07) is 8.60. The Morgan fingerprint density at radius 1 is 1.29 bits per heavy atom. The van der Waals surface area contributed by atoms with Gasteiger partial charge in [-0.2, -0.15) is 0 Å². The van der Waals surface area contributed by atoms with Crippen LogP contribution in [-0.4, -0.2) is 5.11 Å². The molecule has 0 saturated carbocycles. The molecule has 112 valence electrons. The van der Waals surface area contributed by atoms with E-state index in [1.54, 1.807) is 0 Å². The maximum absolute atomic E-state index is 10.1. The van der Waals surface area contributed by atoms with Crippen LogP contribution in [0.4, 0.5) is 5.69 Å². The van der Waals surface area contributed by atoms with Crippen molar-refractivity contribution < 1.29 is 5.11 Å². The van der Waals surface area contributed by atoms with E-state index in [-0.39, 0.29) is 5.41 Å². The highest BCUT2D eigenvalue weighted by Crippen LogP contribution is 2.41. The molecule has 0 aromatic heterocycles. The molecule has 2 aromatic rings. The van der Waals surface area contributed by atoms with Crippen LogP contribution in [0.3, 0.4) is 0 Å². The Kier molecular flexibility index (Phi) is 3.45. The molecule has 0 bridgehead atoms. The smallest absolute Gasteiger partial charge is 0.0807 e. The topological polar surface area (TPSA) is 46.2 Å². The lowest BCUT2D eigenvalue weighted by Gasteiger charge is -2.33. The summed E-state index contributed by atoms with van der Waals surface area (Å²) in [5.74, 6) is 0. The first-order valence-electron chi connectivity index (χ1n) is 7.97. The summed E-state index contributed by atoms with van der Waals surface area (Å²) in [7, 11) is 0. The van der Waals surface area contributed by atoms with Gasteiger partial charge in [-0.15, -0.1) is 0 Å². The van der Waals surface area contributed by atoms with Crippen molar-refractivity contribution in [2.75, 3.05) is 5.73 Å². The summed E-state index contributed by atoms with van der Waals surface area (Å²) in [4.78, 5) is 0. The average molecular weight is 283 g/mol. The summed E-state index contributed by atoms with van der Waals surface area (Å²) < 4.78 is 0. The molecule has 1 unspecified atom stereocenters. The number of hydrogen-bond acceptors (Lipinski definition) is 2. The standard InChI is InChI=1S/C19H25NO/c1-4-18(21)15-10-12-7-8-16-13(14(12)11-17(15)20)6-5-9-19(16,2)3/h7-8,10-11,18,21H,4-6,9,20H2,1-3H3. The highest BCUT2D eigenvalue weighted by molar-refractivity contribution is 5.91. The first kappa shape index (κ1) is 14.4. The predicted molar refractivity (Wildman–Crippen MR) is 89.6 cm³/mol. The third-order valence-electron chi connectivity index (χ3n) is 5.04. The third-order valence-corrected chi connectivity index (χ3v) is 5.04. The zero-order valence-electron chi connectivity index (χ0n) is 13.2. The van der Waals surface area contributed by atoms with Gasteiger partial charge in [0.2, 0.25) is 0 Å². The minimum absolute atomic E-state index is 0.248. The van der Waals surface area contributed by atoms with Crippen molar-refractivity contribution in [2.24, 2.45) is 0 Å². The van der Waals surface area contributed by atoms with Crippen LogP contribution in [0.2, 0.25) is 0 Å². The molecule has 0 amide bonds. The fraction of sp³-hybridized carbons (Fsp3) is 0.474. The summed E-state index contributed by atoms with van der Waals surface area (Å²) in [5.41, 5.74) is 10.9. The fourth-order valence-electron chi connectivity index (χ4n) is 3.72. The SMILES string of the molecule is CCC(O)c1cc2ccc3c(c2cc1N)CCCC3(C)C. The van der Waals surface area contributed by atoms with E-state index >= 15 is 0 Å². The van der Waals surface area contributed by atoms with Gasteiger partial charge < -0.3 is 10.8 Å². The largest absolute Gasteiger partial charge is 0.398 e. The van der Waals surface area contributed by atoms with Gasteiger partial charge in [-0.05, 0) is 65.1 Å². The molecule has 0 radical (unpaired) electrons. The first-order valence-corrected chi connectivity index (χ1v) is 7.97. The van der Waals surface area contributed by atoms with Crippen LogP contribution in [0.1, 0.15) is 62.8 Å². The maximum atomic E-state index is 10.1.